The Morgan fingerprint density at radius 2 is 2.10 bits per heavy atom. The highest BCUT2D eigenvalue weighted by atomic mass is 32.2. The smallest absolute Gasteiger partial charge is 0.256 e. The minimum Gasteiger partial charge on any atom is -0.385 e. The van der Waals surface area contributed by atoms with E-state index in [0.717, 1.165) is 16.8 Å². The van der Waals surface area contributed by atoms with Gasteiger partial charge in [0.15, 0.2) is 0 Å². The van der Waals surface area contributed by atoms with E-state index in [1.165, 1.54) is 20.8 Å². The van der Waals surface area contributed by atoms with Crippen LogP contribution in [-0.2, 0) is 23.0 Å². The number of carbonyl (C=O) groups excluding carboxylic acids is 1. The summed E-state index contributed by atoms with van der Waals surface area (Å²) in [6, 6.07) is 6.22. The molecule has 3 N–H and O–H groups in total. The number of fused-ring (bicyclic) bond motifs is 2. The summed E-state index contributed by atoms with van der Waals surface area (Å²) < 4.78 is 26.4. The van der Waals surface area contributed by atoms with Crippen molar-refractivity contribution in [3.8, 4) is 0 Å². The number of aromatic nitrogens is 2. The van der Waals surface area contributed by atoms with Crippen LogP contribution in [0.1, 0.15) is 59.3 Å². The molecule has 4 rings (SSSR count). The molecule has 9 heteroatoms. The van der Waals surface area contributed by atoms with E-state index in [4.69, 9.17) is 5.73 Å². The summed E-state index contributed by atoms with van der Waals surface area (Å²) in [5, 5.41) is 7.80. The van der Waals surface area contributed by atoms with Crippen LogP contribution in [0.2, 0.25) is 0 Å². The topological polar surface area (TPSA) is 110 Å². The van der Waals surface area contributed by atoms with Crippen molar-refractivity contribution < 1.29 is 13.2 Å². The largest absolute Gasteiger partial charge is 0.385 e. The van der Waals surface area contributed by atoms with Gasteiger partial charge in [-0.05, 0) is 36.0 Å². The Bertz CT molecular complexity index is 1070. The Morgan fingerprint density at radius 3 is 2.79 bits per heavy atom. The van der Waals surface area contributed by atoms with Crippen LogP contribution in [0.25, 0.3) is 0 Å². The Kier molecular flexibility index (Phi) is 4.90. The second kappa shape index (κ2) is 7.14. The third-order valence-corrected chi connectivity index (χ3v) is 7.14. The number of nitrogens with one attached hydrogen (secondary N) is 1. The predicted molar refractivity (Wildman–Crippen MR) is 113 cm³/mol. The SMILES string of the molecule is CC(C)c1ccc2c(c1)C(C(=O)n1nc3c(c1N)CCN(S(C)(=O)=O)C3)CCN2. The second-order valence-corrected chi connectivity index (χ2v) is 10.2. The van der Waals surface area contributed by atoms with Crippen molar-refractivity contribution in [1.82, 2.24) is 14.1 Å². The number of anilines is 2. The minimum atomic E-state index is -3.32. The molecule has 2 aliphatic rings. The maximum atomic E-state index is 13.4. The molecule has 0 aliphatic carbocycles. The molecule has 8 nitrogen and oxygen atoms in total. The van der Waals surface area contributed by atoms with Crippen molar-refractivity contribution in [3.05, 3.63) is 40.6 Å². The van der Waals surface area contributed by atoms with Gasteiger partial charge in [-0.1, -0.05) is 26.0 Å². The highest BCUT2D eigenvalue weighted by molar-refractivity contribution is 7.88. The predicted octanol–water partition coefficient (Wildman–Crippen LogP) is 2.15. The average molecular weight is 418 g/mol. The number of nitrogen functional groups attached to an aromatic ring is 1. The zero-order valence-electron chi connectivity index (χ0n) is 17.0. The lowest BCUT2D eigenvalue weighted by Crippen LogP contribution is -2.35. The minimum absolute atomic E-state index is 0.152. The third kappa shape index (κ3) is 3.53. The van der Waals surface area contributed by atoms with Crippen LogP contribution < -0.4 is 11.1 Å². The summed E-state index contributed by atoms with van der Waals surface area (Å²) in [4.78, 5) is 13.4. The van der Waals surface area contributed by atoms with Crippen LogP contribution in [0.15, 0.2) is 18.2 Å². The fourth-order valence-corrected chi connectivity index (χ4v) is 4.92. The van der Waals surface area contributed by atoms with Gasteiger partial charge in [0.25, 0.3) is 5.91 Å². The summed E-state index contributed by atoms with van der Waals surface area (Å²) in [5.41, 5.74) is 10.8. The zero-order chi connectivity index (χ0) is 20.9. The first-order valence-electron chi connectivity index (χ1n) is 9.90. The molecule has 0 radical (unpaired) electrons. The van der Waals surface area contributed by atoms with E-state index < -0.39 is 10.0 Å². The number of hydrogen-bond acceptors (Lipinski definition) is 6. The first kappa shape index (κ1) is 19.9. The number of sulfonamides is 1. The number of nitrogens with zero attached hydrogens (tertiary/aromatic N) is 3. The number of hydrogen-bond donors (Lipinski definition) is 2. The van der Waals surface area contributed by atoms with E-state index in [2.05, 4.69) is 36.4 Å². The van der Waals surface area contributed by atoms with Crippen molar-refractivity contribution in [2.75, 3.05) is 30.4 Å². The lowest BCUT2D eigenvalue weighted by Gasteiger charge is -2.27. The van der Waals surface area contributed by atoms with Crippen LogP contribution in [0, 0.1) is 0 Å². The molecule has 156 valence electrons. The van der Waals surface area contributed by atoms with Crippen molar-refractivity contribution in [1.29, 1.82) is 0 Å². The zero-order valence-corrected chi connectivity index (χ0v) is 17.8. The quantitative estimate of drug-likeness (QED) is 0.792. The molecule has 1 aromatic carbocycles. The normalized spacial score (nSPS) is 19.5. The van der Waals surface area contributed by atoms with Gasteiger partial charge in [0.1, 0.15) is 5.82 Å². The van der Waals surface area contributed by atoms with E-state index in [0.29, 0.717) is 43.4 Å². The Labute approximate surface area is 171 Å². The average Bonchev–Trinajstić information content (AvgIpc) is 3.02. The lowest BCUT2D eigenvalue weighted by molar-refractivity contribution is 0.0859. The Morgan fingerprint density at radius 1 is 1.34 bits per heavy atom. The van der Waals surface area contributed by atoms with Gasteiger partial charge < -0.3 is 11.1 Å². The fourth-order valence-electron chi connectivity index (χ4n) is 4.14. The number of rotatable bonds is 3. The van der Waals surface area contributed by atoms with E-state index in [9.17, 15) is 13.2 Å². The second-order valence-electron chi connectivity index (χ2n) is 8.18. The van der Waals surface area contributed by atoms with E-state index in [1.807, 2.05) is 6.07 Å². The summed E-state index contributed by atoms with van der Waals surface area (Å²) in [6.45, 7) is 5.46. The molecular formula is C20H27N5O3S. The standard InChI is InChI=1S/C20H27N5O3S/c1-12(2)13-4-5-17-16(10-13)14(6-8-22-17)20(26)25-19(21)15-7-9-24(29(3,27)28)11-18(15)23-25/h4-5,10,12,14,22H,6-9,11,21H2,1-3H3. The summed E-state index contributed by atoms with van der Waals surface area (Å²) in [6.07, 6.45) is 2.30. The van der Waals surface area contributed by atoms with Crippen LogP contribution in [0.4, 0.5) is 11.5 Å². The number of benzene rings is 1. The fraction of sp³-hybridized carbons (Fsp3) is 0.500. The molecule has 0 amide bonds. The Hall–Kier alpha value is -2.39. The van der Waals surface area contributed by atoms with Crippen LogP contribution in [0.3, 0.4) is 0 Å². The molecule has 1 atom stereocenters. The summed E-state index contributed by atoms with van der Waals surface area (Å²) in [7, 11) is -3.32. The molecule has 3 heterocycles. The molecule has 0 saturated carbocycles. The highest BCUT2D eigenvalue weighted by Gasteiger charge is 2.33. The summed E-state index contributed by atoms with van der Waals surface area (Å²) in [5.74, 6) is 0.200. The highest BCUT2D eigenvalue weighted by Crippen LogP contribution is 2.36. The van der Waals surface area contributed by atoms with Gasteiger partial charge in [-0.25, -0.2) is 8.42 Å². The maximum absolute atomic E-state index is 13.4. The molecule has 1 aromatic heterocycles. The van der Waals surface area contributed by atoms with Crippen LogP contribution >= 0.6 is 0 Å². The summed E-state index contributed by atoms with van der Waals surface area (Å²) >= 11 is 0. The monoisotopic (exact) mass is 417 g/mol. The first-order valence-corrected chi connectivity index (χ1v) is 11.7. The third-order valence-electron chi connectivity index (χ3n) is 5.89. The van der Waals surface area contributed by atoms with E-state index in [1.54, 1.807) is 0 Å². The molecule has 0 fully saturated rings. The van der Waals surface area contributed by atoms with Crippen molar-refractivity contribution >= 4 is 27.4 Å². The van der Waals surface area contributed by atoms with Gasteiger partial charge in [-0.3, -0.25) is 4.79 Å². The lowest BCUT2D eigenvalue weighted by atomic mass is 9.87. The van der Waals surface area contributed by atoms with Gasteiger partial charge in [-0.15, -0.1) is 0 Å². The van der Waals surface area contributed by atoms with Crippen LogP contribution in [0.5, 0.6) is 0 Å². The van der Waals surface area contributed by atoms with Crippen molar-refractivity contribution in [3.63, 3.8) is 0 Å². The van der Waals surface area contributed by atoms with E-state index >= 15 is 0 Å². The molecular weight excluding hydrogens is 390 g/mol. The van der Waals surface area contributed by atoms with Gasteiger partial charge >= 0.3 is 0 Å². The van der Waals surface area contributed by atoms with Crippen LogP contribution in [-0.4, -0.2) is 47.8 Å². The molecule has 0 bridgehead atoms. The molecule has 2 aliphatic heterocycles. The number of carbonyl (C=O) groups is 1. The van der Waals surface area contributed by atoms with Gasteiger partial charge in [-0.2, -0.15) is 14.1 Å². The van der Waals surface area contributed by atoms with Gasteiger partial charge in [0.2, 0.25) is 10.0 Å². The molecule has 1 unspecified atom stereocenters. The van der Waals surface area contributed by atoms with Gasteiger partial charge in [0, 0.05) is 24.3 Å². The van der Waals surface area contributed by atoms with Gasteiger partial charge in [0.05, 0.1) is 24.4 Å². The molecule has 29 heavy (non-hydrogen) atoms. The Balaban J connectivity index is 1.69. The maximum Gasteiger partial charge on any atom is 0.256 e. The first-order chi connectivity index (χ1) is 13.7. The number of nitrogens with two attached hydrogens (primary N) is 1. The van der Waals surface area contributed by atoms with Crippen molar-refractivity contribution in [2.45, 2.75) is 45.1 Å². The molecule has 0 spiro atoms. The molecule has 0 saturated heterocycles. The van der Waals surface area contributed by atoms with Crippen molar-refractivity contribution in [2.24, 2.45) is 0 Å². The van der Waals surface area contributed by atoms with E-state index in [-0.39, 0.29) is 18.4 Å². The molecule has 2 aromatic rings.